The highest BCUT2D eigenvalue weighted by molar-refractivity contribution is 8.04. The molecule has 0 saturated carbocycles. The highest BCUT2D eigenvalue weighted by atomic mass is 35.5. The number of fused-ring (bicyclic) bond motifs is 1. The summed E-state index contributed by atoms with van der Waals surface area (Å²) in [6.07, 6.45) is 1.81. The molecule has 1 aromatic heterocycles. The Morgan fingerprint density at radius 1 is 1.10 bits per heavy atom. The van der Waals surface area contributed by atoms with E-state index in [1.807, 2.05) is 60.0 Å². The summed E-state index contributed by atoms with van der Waals surface area (Å²) in [4.78, 5) is 29.8. The summed E-state index contributed by atoms with van der Waals surface area (Å²) in [5.74, 6) is -0.393. The standard InChI is InChI=1S/C22H17ClN2O2S2/c23-16-6-3-5-15(11-16)12-20-22(27)25(18-8-1-2-9-19(18)29-20)14-21(26)24-13-17-7-4-10-28-17/h1-12H,13-14H2,(H,24,26). The Labute approximate surface area is 182 Å². The van der Waals surface area contributed by atoms with E-state index < -0.39 is 0 Å². The molecule has 0 bridgehead atoms. The molecule has 4 nitrogen and oxygen atoms in total. The summed E-state index contributed by atoms with van der Waals surface area (Å²) in [5, 5.41) is 5.47. The molecule has 3 aromatic rings. The van der Waals surface area contributed by atoms with E-state index in [2.05, 4.69) is 5.32 Å². The van der Waals surface area contributed by atoms with E-state index in [4.69, 9.17) is 11.6 Å². The highest BCUT2D eigenvalue weighted by Crippen LogP contribution is 2.41. The van der Waals surface area contributed by atoms with Crippen LogP contribution in [-0.4, -0.2) is 18.4 Å². The van der Waals surface area contributed by atoms with Crippen molar-refractivity contribution in [1.29, 1.82) is 0 Å². The van der Waals surface area contributed by atoms with Gasteiger partial charge in [0.2, 0.25) is 5.91 Å². The Morgan fingerprint density at radius 2 is 1.97 bits per heavy atom. The molecule has 1 aliphatic rings. The van der Waals surface area contributed by atoms with E-state index in [0.717, 1.165) is 21.0 Å². The molecule has 4 rings (SSSR count). The second-order valence-corrected chi connectivity index (χ2v) is 8.93. The zero-order valence-electron chi connectivity index (χ0n) is 15.3. The lowest BCUT2D eigenvalue weighted by Gasteiger charge is -2.29. The van der Waals surface area contributed by atoms with Gasteiger partial charge in [-0.1, -0.05) is 53.7 Å². The van der Waals surface area contributed by atoms with Crippen LogP contribution in [0.15, 0.2) is 75.8 Å². The molecular weight excluding hydrogens is 424 g/mol. The summed E-state index contributed by atoms with van der Waals surface area (Å²) in [7, 11) is 0. The zero-order valence-corrected chi connectivity index (χ0v) is 17.7. The molecule has 2 amide bonds. The van der Waals surface area contributed by atoms with Gasteiger partial charge >= 0.3 is 0 Å². The van der Waals surface area contributed by atoms with Crippen molar-refractivity contribution in [3.05, 3.63) is 86.4 Å². The van der Waals surface area contributed by atoms with Gasteiger partial charge in [-0.15, -0.1) is 11.3 Å². The second-order valence-electron chi connectivity index (χ2n) is 6.38. The van der Waals surface area contributed by atoms with E-state index in [0.29, 0.717) is 16.5 Å². The first kappa shape index (κ1) is 19.8. The van der Waals surface area contributed by atoms with E-state index in [-0.39, 0.29) is 18.4 Å². The summed E-state index contributed by atoms with van der Waals surface area (Å²) >= 11 is 9.06. The van der Waals surface area contributed by atoms with Crippen LogP contribution in [0.1, 0.15) is 10.4 Å². The maximum Gasteiger partial charge on any atom is 0.265 e. The number of benzene rings is 2. The lowest BCUT2D eigenvalue weighted by Crippen LogP contribution is -2.42. The third-order valence-corrected chi connectivity index (χ3v) is 6.51. The van der Waals surface area contributed by atoms with Crippen molar-refractivity contribution in [2.45, 2.75) is 11.4 Å². The molecule has 29 heavy (non-hydrogen) atoms. The predicted octanol–water partition coefficient (Wildman–Crippen LogP) is 5.20. The average Bonchev–Trinajstić information content (AvgIpc) is 3.23. The van der Waals surface area contributed by atoms with Crippen molar-refractivity contribution >= 4 is 58.3 Å². The number of hydrogen-bond acceptors (Lipinski definition) is 4. The van der Waals surface area contributed by atoms with Crippen LogP contribution >= 0.6 is 34.7 Å². The minimum Gasteiger partial charge on any atom is -0.350 e. The average molecular weight is 441 g/mol. The SMILES string of the molecule is O=C(CN1C(=O)C(=Cc2cccc(Cl)c2)Sc2ccccc21)NCc1cccs1. The summed E-state index contributed by atoms with van der Waals surface area (Å²) < 4.78 is 0. The van der Waals surface area contributed by atoms with E-state index in [1.54, 1.807) is 23.5 Å². The number of thiophene rings is 1. The molecule has 2 heterocycles. The molecule has 1 N–H and O–H groups in total. The van der Waals surface area contributed by atoms with Crippen molar-refractivity contribution in [3.8, 4) is 0 Å². The molecule has 0 aliphatic carbocycles. The number of thioether (sulfide) groups is 1. The van der Waals surface area contributed by atoms with E-state index in [9.17, 15) is 9.59 Å². The summed E-state index contributed by atoms with van der Waals surface area (Å²) in [6.45, 7) is 0.425. The minimum atomic E-state index is -0.199. The molecule has 0 atom stereocenters. The molecule has 1 aliphatic heterocycles. The third-order valence-electron chi connectivity index (χ3n) is 4.32. The van der Waals surface area contributed by atoms with E-state index >= 15 is 0 Å². The van der Waals surface area contributed by atoms with Crippen LogP contribution in [0.5, 0.6) is 0 Å². The first-order valence-corrected chi connectivity index (χ1v) is 11.0. The lowest BCUT2D eigenvalue weighted by atomic mass is 10.2. The number of nitrogens with zero attached hydrogens (tertiary/aromatic N) is 1. The fourth-order valence-electron chi connectivity index (χ4n) is 2.97. The van der Waals surface area contributed by atoms with Crippen LogP contribution in [0.3, 0.4) is 0 Å². The third kappa shape index (κ3) is 4.72. The molecule has 0 unspecified atom stereocenters. The van der Waals surface area contributed by atoms with Gasteiger partial charge in [0, 0.05) is 14.8 Å². The van der Waals surface area contributed by atoms with Gasteiger partial charge in [-0.05, 0) is 47.4 Å². The quantitative estimate of drug-likeness (QED) is 0.555. The molecule has 0 fully saturated rings. The fraction of sp³-hybridized carbons (Fsp3) is 0.0909. The van der Waals surface area contributed by atoms with Gasteiger partial charge in [0.05, 0.1) is 17.1 Å². The normalized spacial score (nSPS) is 14.7. The Hall–Kier alpha value is -2.54. The first-order valence-electron chi connectivity index (χ1n) is 8.95. The van der Waals surface area contributed by atoms with Gasteiger partial charge in [-0.2, -0.15) is 0 Å². The maximum atomic E-state index is 13.2. The van der Waals surface area contributed by atoms with Crippen molar-refractivity contribution in [2.75, 3.05) is 11.4 Å². The van der Waals surface area contributed by atoms with Gasteiger partial charge in [0.1, 0.15) is 6.54 Å². The Bertz CT molecular complexity index is 1080. The lowest BCUT2D eigenvalue weighted by molar-refractivity contribution is -0.122. The summed E-state index contributed by atoms with van der Waals surface area (Å²) in [5.41, 5.74) is 1.59. The largest absolute Gasteiger partial charge is 0.350 e. The fourth-order valence-corrected chi connectivity index (χ4v) is 4.87. The van der Waals surface area contributed by atoms with Gasteiger partial charge in [-0.3, -0.25) is 14.5 Å². The van der Waals surface area contributed by atoms with Gasteiger partial charge in [-0.25, -0.2) is 0 Å². The smallest absolute Gasteiger partial charge is 0.265 e. The van der Waals surface area contributed by atoms with E-state index in [1.165, 1.54) is 16.7 Å². The Balaban J connectivity index is 1.58. The molecule has 0 spiro atoms. The summed E-state index contributed by atoms with van der Waals surface area (Å²) in [6, 6.07) is 18.9. The van der Waals surface area contributed by atoms with Crippen LogP contribution in [0, 0.1) is 0 Å². The van der Waals surface area contributed by atoms with Gasteiger partial charge in [0.25, 0.3) is 5.91 Å². The maximum absolute atomic E-state index is 13.2. The minimum absolute atomic E-state index is 0.0331. The van der Waals surface area contributed by atoms with Gasteiger partial charge < -0.3 is 5.32 Å². The number of anilines is 1. The van der Waals surface area contributed by atoms with Crippen molar-refractivity contribution < 1.29 is 9.59 Å². The zero-order chi connectivity index (χ0) is 20.2. The van der Waals surface area contributed by atoms with Gasteiger partial charge in [0.15, 0.2) is 0 Å². The molecule has 0 radical (unpaired) electrons. The predicted molar refractivity (Wildman–Crippen MR) is 120 cm³/mol. The van der Waals surface area contributed by atoms with Crippen LogP contribution in [-0.2, 0) is 16.1 Å². The number of nitrogens with one attached hydrogen (secondary N) is 1. The van der Waals surface area contributed by atoms with Crippen LogP contribution < -0.4 is 10.2 Å². The van der Waals surface area contributed by atoms with Crippen LogP contribution in [0.25, 0.3) is 6.08 Å². The Morgan fingerprint density at radius 3 is 2.76 bits per heavy atom. The first-order chi connectivity index (χ1) is 14.1. The number of rotatable bonds is 5. The number of carbonyl (C=O) groups is 2. The highest BCUT2D eigenvalue weighted by Gasteiger charge is 2.30. The number of carbonyl (C=O) groups excluding carboxylic acids is 2. The topological polar surface area (TPSA) is 49.4 Å². The van der Waals surface area contributed by atoms with Crippen molar-refractivity contribution in [2.24, 2.45) is 0 Å². The molecule has 2 aromatic carbocycles. The number of halogens is 1. The number of hydrogen-bond donors (Lipinski definition) is 1. The second kappa shape index (κ2) is 8.86. The molecule has 7 heteroatoms. The monoisotopic (exact) mass is 440 g/mol. The molecular formula is C22H17ClN2O2S2. The van der Waals surface area contributed by atoms with Crippen molar-refractivity contribution in [1.82, 2.24) is 5.32 Å². The number of amides is 2. The molecule has 0 saturated heterocycles. The molecule has 146 valence electrons. The Kier molecular flexibility index (Phi) is 6.04. The van der Waals surface area contributed by atoms with Crippen LogP contribution in [0.4, 0.5) is 5.69 Å². The number of para-hydroxylation sites is 1. The van der Waals surface area contributed by atoms with Crippen LogP contribution in [0.2, 0.25) is 5.02 Å². The van der Waals surface area contributed by atoms with Crippen molar-refractivity contribution in [3.63, 3.8) is 0 Å².